The minimum atomic E-state index is -0.243. The van der Waals surface area contributed by atoms with Crippen molar-refractivity contribution in [3.05, 3.63) is 64.9 Å². The topological polar surface area (TPSA) is 112 Å². The molecule has 2 aromatic carbocycles. The SMILES string of the molecule is Nc1n[nH]c2ccc(-c3ncc(C(=O)NCc4cccc(Cl)c4)[nH]3)cc12. The Morgan fingerprint density at radius 3 is 2.96 bits per heavy atom. The van der Waals surface area contributed by atoms with Crippen LogP contribution in [0.4, 0.5) is 5.82 Å². The molecule has 0 unspecified atom stereocenters. The zero-order valence-corrected chi connectivity index (χ0v) is 14.3. The first-order valence-electron chi connectivity index (χ1n) is 7.92. The molecular weight excluding hydrogens is 352 g/mol. The summed E-state index contributed by atoms with van der Waals surface area (Å²) in [5.41, 5.74) is 8.80. The second-order valence-corrected chi connectivity index (χ2v) is 6.26. The second kappa shape index (κ2) is 6.53. The number of nitrogens with two attached hydrogens (primary N) is 1. The highest BCUT2D eigenvalue weighted by Crippen LogP contribution is 2.24. The Morgan fingerprint density at radius 2 is 2.12 bits per heavy atom. The summed E-state index contributed by atoms with van der Waals surface area (Å²) in [5, 5.41) is 11.1. The van der Waals surface area contributed by atoms with E-state index in [1.807, 2.05) is 36.4 Å². The predicted octanol–water partition coefficient (Wildman–Crippen LogP) is 3.12. The van der Waals surface area contributed by atoms with E-state index in [9.17, 15) is 4.79 Å². The summed E-state index contributed by atoms with van der Waals surface area (Å²) >= 11 is 5.95. The van der Waals surface area contributed by atoms with Crippen LogP contribution in [0.15, 0.2) is 48.7 Å². The predicted molar refractivity (Wildman–Crippen MR) is 101 cm³/mol. The van der Waals surface area contributed by atoms with Crippen molar-refractivity contribution in [2.45, 2.75) is 6.54 Å². The molecule has 4 rings (SSSR count). The molecule has 0 atom stereocenters. The summed E-state index contributed by atoms with van der Waals surface area (Å²) in [7, 11) is 0. The van der Waals surface area contributed by atoms with Crippen LogP contribution in [0.5, 0.6) is 0 Å². The van der Waals surface area contributed by atoms with Crippen LogP contribution < -0.4 is 11.1 Å². The molecule has 0 radical (unpaired) electrons. The normalized spacial score (nSPS) is 11.0. The van der Waals surface area contributed by atoms with Crippen LogP contribution >= 0.6 is 11.6 Å². The van der Waals surface area contributed by atoms with E-state index in [1.54, 1.807) is 6.07 Å². The molecule has 8 heteroatoms. The van der Waals surface area contributed by atoms with Crippen molar-refractivity contribution in [2.24, 2.45) is 0 Å². The maximum Gasteiger partial charge on any atom is 0.269 e. The molecule has 26 heavy (non-hydrogen) atoms. The molecule has 0 aliphatic rings. The average molecular weight is 367 g/mol. The van der Waals surface area contributed by atoms with Gasteiger partial charge in [-0.25, -0.2) is 4.98 Å². The molecule has 7 nitrogen and oxygen atoms in total. The molecule has 0 fully saturated rings. The summed E-state index contributed by atoms with van der Waals surface area (Å²) in [5.74, 6) is 0.765. The number of nitrogens with zero attached hydrogens (tertiary/aromatic N) is 2. The Bertz CT molecular complexity index is 1100. The minimum Gasteiger partial charge on any atom is -0.382 e. The van der Waals surface area contributed by atoms with Crippen LogP contribution in [0, 0.1) is 0 Å². The van der Waals surface area contributed by atoms with E-state index in [0.717, 1.165) is 22.0 Å². The smallest absolute Gasteiger partial charge is 0.269 e. The van der Waals surface area contributed by atoms with E-state index in [-0.39, 0.29) is 5.91 Å². The Hall–Kier alpha value is -3.32. The number of carbonyl (C=O) groups is 1. The molecule has 0 bridgehead atoms. The maximum absolute atomic E-state index is 12.3. The van der Waals surface area contributed by atoms with Crippen molar-refractivity contribution in [1.29, 1.82) is 0 Å². The number of H-pyrrole nitrogens is 2. The number of hydrogen-bond acceptors (Lipinski definition) is 4. The summed E-state index contributed by atoms with van der Waals surface area (Å²) in [6.45, 7) is 0.380. The Morgan fingerprint density at radius 1 is 1.23 bits per heavy atom. The fourth-order valence-electron chi connectivity index (χ4n) is 2.69. The van der Waals surface area contributed by atoms with Gasteiger partial charge in [-0.1, -0.05) is 23.7 Å². The molecule has 0 saturated carbocycles. The number of imidazole rings is 1. The number of rotatable bonds is 4. The third-order valence-corrected chi connectivity index (χ3v) is 4.26. The number of nitrogens with one attached hydrogen (secondary N) is 3. The third kappa shape index (κ3) is 3.12. The van der Waals surface area contributed by atoms with E-state index in [1.165, 1.54) is 6.20 Å². The molecule has 2 heterocycles. The molecule has 0 aliphatic carbocycles. The van der Waals surface area contributed by atoms with E-state index < -0.39 is 0 Å². The second-order valence-electron chi connectivity index (χ2n) is 5.83. The minimum absolute atomic E-state index is 0.243. The van der Waals surface area contributed by atoms with Crippen molar-refractivity contribution < 1.29 is 4.79 Å². The van der Waals surface area contributed by atoms with Gasteiger partial charge in [-0.3, -0.25) is 9.89 Å². The highest BCUT2D eigenvalue weighted by Gasteiger charge is 2.12. The molecular formula is C18H15ClN6O. The lowest BCUT2D eigenvalue weighted by Gasteiger charge is -2.04. The number of anilines is 1. The van der Waals surface area contributed by atoms with Crippen LogP contribution in [0.2, 0.25) is 5.02 Å². The first-order valence-corrected chi connectivity index (χ1v) is 8.29. The molecule has 1 amide bonds. The Balaban J connectivity index is 1.51. The van der Waals surface area contributed by atoms with Gasteiger partial charge < -0.3 is 16.0 Å². The Labute approximate surface area is 153 Å². The van der Waals surface area contributed by atoms with Gasteiger partial charge in [-0.05, 0) is 35.9 Å². The number of carbonyl (C=O) groups excluding carboxylic acids is 1. The highest BCUT2D eigenvalue weighted by molar-refractivity contribution is 6.30. The number of hydrogen-bond donors (Lipinski definition) is 4. The lowest BCUT2D eigenvalue weighted by molar-refractivity contribution is 0.0946. The quantitative estimate of drug-likeness (QED) is 0.444. The zero-order chi connectivity index (χ0) is 18.1. The number of fused-ring (bicyclic) bond motifs is 1. The van der Waals surface area contributed by atoms with Crippen LogP contribution in [-0.4, -0.2) is 26.1 Å². The number of amides is 1. The summed E-state index contributed by atoms with van der Waals surface area (Å²) in [6, 6.07) is 13.0. The van der Waals surface area contributed by atoms with Crippen LogP contribution in [0.1, 0.15) is 16.1 Å². The van der Waals surface area contributed by atoms with E-state index >= 15 is 0 Å². The molecule has 0 aliphatic heterocycles. The largest absolute Gasteiger partial charge is 0.382 e. The summed E-state index contributed by atoms with van der Waals surface area (Å²) in [4.78, 5) is 19.6. The first kappa shape index (κ1) is 16.2. The Kier molecular flexibility index (Phi) is 4.06. The number of aromatic amines is 2. The molecule has 0 saturated heterocycles. The summed E-state index contributed by atoms with van der Waals surface area (Å²) < 4.78 is 0. The van der Waals surface area contributed by atoms with Gasteiger partial charge in [-0.2, -0.15) is 5.10 Å². The molecule has 0 spiro atoms. The molecule has 130 valence electrons. The number of nitrogen functional groups attached to an aromatic ring is 1. The van der Waals surface area contributed by atoms with Crippen LogP contribution in [0.25, 0.3) is 22.3 Å². The standard InChI is InChI=1S/C18H15ClN6O/c19-12-3-1-2-10(6-12)8-22-18(26)15-9-21-17(23-15)11-4-5-14-13(7-11)16(20)25-24-14/h1-7,9H,8H2,(H,21,23)(H,22,26)(H3,20,24,25). The van der Waals surface area contributed by atoms with Gasteiger partial charge in [0.15, 0.2) is 5.82 Å². The van der Waals surface area contributed by atoms with Gasteiger partial charge in [0.05, 0.1) is 11.7 Å². The number of benzene rings is 2. The molecule has 2 aromatic heterocycles. The van der Waals surface area contributed by atoms with Crippen molar-refractivity contribution in [2.75, 3.05) is 5.73 Å². The average Bonchev–Trinajstić information content (AvgIpc) is 3.27. The fourth-order valence-corrected chi connectivity index (χ4v) is 2.90. The highest BCUT2D eigenvalue weighted by atomic mass is 35.5. The van der Waals surface area contributed by atoms with Crippen molar-refractivity contribution in [1.82, 2.24) is 25.5 Å². The maximum atomic E-state index is 12.3. The summed E-state index contributed by atoms with van der Waals surface area (Å²) in [6.07, 6.45) is 1.51. The van der Waals surface area contributed by atoms with Gasteiger partial charge in [0.1, 0.15) is 11.5 Å². The van der Waals surface area contributed by atoms with Crippen LogP contribution in [-0.2, 0) is 6.54 Å². The van der Waals surface area contributed by atoms with Crippen molar-refractivity contribution >= 4 is 34.2 Å². The van der Waals surface area contributed by atoms with Crippen molar-refractivity contribution in [3.8, 4) is 11.4 Å². The monoisotopic (exact) mass is 366 g/mol. The molecule has 5 N–H and O–H groups in total. The van der Waals surface area contributed by atoms with Gasteiger partial charge in [0, 0.05) is 22.5 Å². The van der Waals surface area contributed by atoms with Gasteiger partial charge in [0.25, 0.3) is 5.91 Å². The van der Waals surface area contributed by atoms with E-state index in [2.05, 4.69) is 25.5 Å². The molecule has 4 aromatic rings. The third-order valence-electron chi connectivity index (χ3n) is 4.03. The zero-order valence-electron chi connectivity index (χ0n) is 13.6. The number of halogens is 1. The lowest BCUT2D eigenvalue weighted by Crippen LogP contribution is -2.23. The van der Waals surface area contributed by atoms with Crippen molar-refractivity contribution in [3.63, 3.8) is 0 Å². The van der Waals surface area contributed by atoms with Gasteiger partial charge in [0.2, 0.25) is 0 Å². The van der Waals surface area contributed by atoms with Gasteiger partial charge in [-0.15, -0.1) is 0 Å². The van der Waals surface area contributed by atoms with E-state index in [0.29, 0.717) is 28.9 Å². The van der Waals surface area contributed by atoms with E-state index in [4.69, 9.17) is 17.3 Å². The fraction of sp³-hybridized carbons (Fsp3) is 0.0556. The van der Waals surface area contributed by atoms with Gasteiger partial charge >= 0.3 is 0 Å². The van der Waals surface area contributed by atoms with Crippen LogP contribution in [0.3, 0.4) is 0 Å². The number of aromatic nitrogens is 4. The first-order chi connectivity index (χ1) is 12.6. The lowest BCUT2D eigenvalue weighted by atomic mass is 10.1.